The molecule has 1 heterocycles. The molecule has 1 aromatic rings. The molecule has 0 aliphatic heterocycles. The molecule has 1 aromatic heterocycles. The highest BCUT2D eigenvalue weighted by atomic mass is 32.1. The number of pyridine rings is 1. The Balaban J connectivity index is 2.64. The second kappa shape index (κ2) is 5.72. The van der Waals surface area contributed by atoms with E-state index in [4.69, 9.17) is 18.0 Å². The van der Waals surface area contributed by atoms with Crippen molar-refractivity contribution in [3.05, 3.63) is 30.1 Å². The van der Waals surface area contributed by atoms with Crippen LogP contribution in [-0.4, -0.2) is 15.9 Å². The Labute approximate surface area is 107 Å². The van der Waals surface area contributed by atoms with Crippen LogP contribution in [0.3, 0.4) is 0 Å². The maximum atomic E-state index is 12.0. The Morgan fingerprint density at radius 3 is 2.76 bits per heavy atom. The molecule has 92 valence electrons. The van der Waals surface area contributed by atoms with E-state index in [0.717, 1.165) is 5.69 Å². The molecule has 4 nitrogen and oxygen atoms in total. The molecule has 0 saturated carbocycles. The fourth-order valence-corrected chi connectivity index (χ4v) is 1.55. The molecule has 0 spiro atoms. The first-order valence-corrected chi connectivity index (χ1v) is 5.89. The van der Waals surface area contributed by atoms with Crippen LogP contribution in [-0.2, 0) is 11.3 Å². The van der Waals surface area contributed by atoms with Gasteiger partial charge in [0.1, 0.15) is 0 Å². The molecule has 0 aromatic carbocycles. The molecular formula is C12H17N3OS. The zero-order chi connectivity index (χ0) is 12.9. The Bertz CT molecular complexity index is 407. The summed E-state index contributed by atoms with van der Waals surface area (Å²) < 4.78 is 0. The monoisotopic (exact) mass is 251 g/mol. The van der Waals surface area contributed by atoms with Gasteiger partial charge in [0.15, 0.2) is 0 Å². The van der Waals surface area contributed by atoms with Crippen LogP contribution in [0, 0.1) is 5.41 Å². The molecule has 0 aliphatic rings. The van der Waals surface area contributed by atoms with Gasteiger partial charge in [0.05, 0.1) is 22.6 Å². The minimum atomic E-state index is -0.788. The lowest BCUT2D eigenvalue weighted by Gasteiger charge is -2.25. The van der Waals surface area contributed by atoms with Crippen LogP contribution in [0.4, 0.5) is 0 Å². The summed E-state index contributed by atoms with van der Waals surface area (Å²) in [6.07, 6.45) is 2.27. The summed E-state index contributed by atoms with van der Waals surface area (Å²) in [5.41, 5.74) is 5.63. The van der Waals surface area contributed by atoms with Crippen LogP contribution in [0.5, 0.6) is 0 Å². The van der Waals surface area contributed by atoms with Crippen LogP contribution in [0.15, 0.2) is 24.4 Å². The van der Waals surface area contributed by atoms with E-state index < -0.39 is 5.41 Å². The molecule has 5 heteroatoms. The van der Waals surface area contributed by atoms with E-state index in [2.05, 4.69) is 10.3 Å². The number of rotatable bonds is 5. The molecule has 17 heavy (non-hydrogen) atoms. The fraction of sp³-hybridized carbons (Fsp3) is 0.417. The Morgan fingerprint density at radius 2 is 2.29 bits per heavy atom. The van der Waals surface area contributed by atoms with E-state index in [9.17, 15) is 4.79 Å². The molecule has 0 fully saturated rings. The predicted octanol–water partition coefficient (Wildman–Crippen LogP) is 1.40. The van der Waals surface area contributed by atoms with Crippen LogP contribution in [0.1, 0.15) is 26.0 Å². The highest BCUT2D eigenvalue weighted by molar-refractivity contribution is 7.80. The highest BCUT2D eigenvalue weighted by Gasteiger charge is 2.34. The first-order chi connectivity index (χ1) is 8.00. The quantitative estimate of drug-likeness (QED) is 0.776. The Hall–Kier alpha value is -1.49. The summed E-state index contributed by atoms with van der Waals surface area (Å²) in [4.78, 5) is 16.3. The second-order valence-electron chi connectivity index (χ2n) is 4.05. The van der Waals surface area contributed by atoms with Gasteiger partial charge in [0.2, 0.25) is 5.91 Å². The third-order valence-electron chi connectivity index (χ3n) is 2.91. The van der Waals surface area contributed by atoms with Gasteiger partial charge in [0, 0.05) is 6.20 Å². The van der Waals surface area contributed by atoms with Crippen molar-refractivity contribution in [2.24, 2.45) is 11.1 Å². The third kappa shape index (κ3) is 3.23. The van der Waals surface area contributed by atoms with Crippen molar-refractivity contribution in [3.63, 3.8) is 0 Å². The number of aromatic nitrogens is 1. The molecule has 1 amide bonds. The standard InChI is InChI=1S/C12H17N3OS/c1-3-12(2,10(13)17)11(16)15-8-9-6-4-5-7-14-9/h4-7H,3,8H2,1-2H3,(H2,13,17)(H,15,16). The maximum Gasteiger partial charge on any atom is 0.233 e. The SMILES string of the molecule is CCC(C)(C(=O)NCc1ccccn1)C(N)=S. The summed E-state index contributed by atoms with van der Waals surface area (Å²) in [5, 5.41) is 2.80. The number of thiocarbonyl (C=S) groups is 1. The zero-order valence-corrected chi connectivity index (χ0v) is 10.9. The largest absolute Gasteiger partial charge is 0.392 e. The number of hydrogen-bond acceptors (Lipinski definition) is 3. The van der Waals surface area contributed by atoms with Gasteiger partial charge in [-0.25, -0.2) is 0 Å². The summed E-state index contributed by atoms with van der Waals surface area (Å²) in [7, 11) is 0. The van der Waals surface area contributed by atoms with E-state index >= 15 is 0 Å². The minimum Gasteiger partial charge on any atom is -0.392 e. The number of carbonyl (C=O) groups is 1. The van der Waals surface area contributed by atoms with Gasteiger partial charge < -0.3 is 11.1 Å². The van der Waals surface area contributed by atoms with Crippen LogP contribution in [0.25, 0.3) is 0 Å². The number of nitrogens with two attached hydrogens (primary N) is 1. The van der Waals surface area contributed by atoms with Gasteiger partial charge in [-0.15, -0.1) is 0 Å². The van der Waals surface area contributed by atoms with E-state index in [1.54, 1.807) is 13.1 Å². The normalized spacial score (nSPS) is 13.8. The van der Waals surface area contributed by atoms with Gasteiger partial charge in [0.25, 0.3) is 0 Å². The Kier molecular flexibility index (Phi) is 4.57. The zero-order valence-electron chi connectivity index (χ0n) is 10.1. The summed E-state index contributed by atoms with van der Waals surface area (Å²) in [6, 6.07) is 5.56. The third-order valence-corrected chi connectivity index (χ3v) is 3.36. The molecular weight excluding hydrogens is 234 g/mol. The van der Waals surface area contributed by atoms with Gasteiger partial charge >= 0.3 is 0 Å². The molecule has 0 radical (unpaired) electrons. The van der Waals surface area contributed by atoms with Crippen molar-refractivity contribution in [1.82, 2.24) is 10.3 Å². The smallest absolute Gasteiger partial charge is 0.233 e. The molecule has 3 N–H and O–H groups in total. The van der Waals surface area contributed by atoms with Crippen LogP contribution < -0.4 is 11.1 Å². The van der Waals surface area contributed by atoms with Crippen LogP contribution >= 0.6 is 12.2 Å². The number of carbonyl (C=O) groups excluding carboxylic acids is 1. The average Bonchev–Trinajstić information content (AvgIpc) is 2.35. The summed E-state index contributed by atoms with van der Waals surface area (Å²) in [5.74, 6) is -0.154. The van der Waals surface area contributed by atoms with E-state index in [-0.39, 0.29) is 10.9 Å². The number of amides is 1. The highest BCUT2D eigenvalue weighted by Crippen LogP contribution is 2.21. The maximum absolute atomic E-state index is 12.0. The topological polar surface area (TPSA) is 68.0 Å². The van der Waals surface area contributed by atoms with Crippen molar-refractivity contribution in [2.45, 2.75) is 26.8 Å². The molecule has 1 atom stereocenters. The molecule has 1 unspecified atom stereocenters. The Morgan fingerprint density at radius 1 is 1.59 bits per heavy atom. The lowest BCUT2D eigenvalue weighted by atomic mass is 9.86. The predicted molar refractivity (Wildman–Crippen MR) is 71.3 cm³/mol. The van der Waals surface area contributed by atoms with Gasteiger partial charge in [-0.1, -0.05) is 25.2 Å². The summed E-state index contributed by atoms with van der Waals surface area (Å²) >= 11 is 4.94. The molecule has 0 saturated heterocycles. The first-order valence-electron chi connectivity index (χ1n) is 5.49. The lowest BCUT2D eigenvalue weighted by molar-refractivity contribution is -0.127. The van der Waals surface area contributed by atoms with Gasteiger partial charge in [-0.2, -0.15) is 0 Å². The number of nitrogens with zero attached hydrogens (tertiary/aromatic N) is 1. The lowest BCUT2D eigenvalue weighted by Crippen LogP contribution is -2.46. The first kappa shape index (κ1) is 13.6. The van der Waals surface area contributed by atoms with Crippen molar-refractivity contribution in [3.8, 4) is 0 Å². The van der Waals surface area contributed by atoms with Crippen molar-refractivity contribution in [1.29, 1.82) is 0 Å². The van der Waals surface area contributed by atoms with Crippen LogP contribution in [0.2, 0.25) is 0 Å². The van der Waals surface area contributed by atoms with Crippen molar-refractivity contribution >= 4 is 23.1 Å². The summed E-state index contributed by atoms with van der Waals surface area (Å²) in [6.45, 7) is 4.03. The van der Waals surface area contributed by atoms with E-state index in [1.165, 1.54) is 0 Å². The van der Waals surface area contributed by atoms with E-state index in [0.29, 0.717) is 13.0 Å². The fourth-order valence-electron chi connectivity index (χ4n) is 1.32. The molecule has 1 rings (SSSR count). The number of nitrogens with one attached hydrogen (secondary N) is 1. The van der Waals surface area contributed by atoms with Gasteiger partial charge in [-0.05, 0) is 25.5 Å². The number of hydrogen-bond donors (Lipinski definition) is 2. The molecule has 0 aliphatic carbocycles. The van der Waals surface area contributed by atoms with Crippen molar-refractivity contribution in [2.75, 3.05) is 0 Å². The van der Waals surface area contributed by atoms with Gasteiger partial charge in [-0.3, -0.25) is 9.78 Å². The second-order valence-corrected chi connectivity index (χ2v) is 4.49. The minimum absolute atomic E-state index is 0.154. The average molecular weight is 251 g/mol. The van der Waals surface area contributed by atoms with Crippen molar-refractivity contribution < 1.29 is 4.79 Å². The van der Waals surface area contributed by atoms with E-state index in [1.807, 2.05) is 25.1 Å². The molecule has 0 bridgehead atoms.